The van der Waals surface area contributed by atoms with Crippen LogP contribution < -0.4 is 5.32 Å². The van der Waals surface area contributed by atoms with Gasteiger partial charge in [-0.1, -0.05) is 30.3 Å². The zero-order valence-corrected chi connectivity index (χ0v) is 7.51. The standard InChI is InChI=1S/C10H7F3NO/c11-10(12,13)8-6-14-9(15-8)7-4-2-1-3-5-7/h1-6,14H. The minimum Gasteiger partial charge on any atom is -0.450 e. The Labute approximate surface area is 84.4 Å². The molecule has 1 aromatic rings. The van der Waals surface area contributed by atoms with Crippen LogP contribution in [0.5, 0.6) is 0 Å². The lowest BCUT2D eigenvalue weighted by Crippen LogP contribution is -2.15. The predicted octanol–water partition coefficient (Wildman–Crippen LogP) is 2.55. The average Bonchev–Trinajstić information content (AvgIpc) is 2.67. The van der Waals surface area contributed by atoms with Crippen molar-refractivity contribution in [1.82, 2.24) is 5.32 Å². The van der Waals surface area contributed by atoms with Crippen LogP contribution in [0, 0.1) is 6.23 Å². The maximum atomic E-state index is 12.2. The number of alkyl halides is 3. The van der Waals surface area contributed by atoms with Gasteiger partial charge in [0, 0.05) is 11.8 Å². The Morgan fingerprint density at radius 3 is 2.27 bits per heavy atom. The van der Waals surface area contributed by atoms with Crippen molar-refractivity contribution in [1.29, 1.82) is 0 Å². The van der Waals surface area contributed by atoms with Crippen molar-refractivity contribution in [3.63, 3.8) is 0 Å². The summed E-state index contributed by atoms with van der Waals surface area (Å²) in [7, 11) is 0. The largest absolute Gasteiger partial charge is 0.450 e. The van der Waals surface area contributed by atoms with Gasteiger partial charge in [-0.05, 0) is 0 Å². The molecule has 1 aliphatic rings. The van der Waals surface area contributed by atoms with Crippen LogP contribution in [0.4, 0.5) is 13.2 Å². The van der Waals surface area contributed by atoms with Crippen LogP contribution >= 0.6 is 0 Å². The van der Waals surface area contributed by atoms with Gasteiger partial charge < -0.3 is 10.1 Å². The maximum Gasteiger partial charge on any atom is 0.450 e. The first-order chi connectivity index (χ1) is 7.07. The fraction of sp³-hybridized carbons (Fsp3) is 0.100. The molecule has 1 aliphatic heterocycles. The summed E-state index contributed by atoms with van der Waals surface area (Å²) in [6, 6.07) is 8.54. The zero-order chi connectivity index (χ0) is 10.9. The summed E-state index contributed by atoms with van der Waals surface area (Å²) in [6.45, 7) is 0. The minimum atomic E-state index is -4.45. The van der Waals surface area contributed by atoms with Gasteiger partial charge >= 0.3 is 6.18 Å². The quantitative estimate of drug-likeness (QED) is 0.775. The molecule has 1 N–H and O–H groups in total. The Morgan fingerprint density at radius 2 is 1.73 bits per heavy atom. The van der Waals surface area contributed by atoms with Crippen molar-refractivity contribution in [2.75, 3.05) is 0 Å². The molecule has 1 heterocycles. The van der Waals surface area contributed by atoms with Gasteiger partial charge in [0.15, 0.2) is 0 Å². The lowest BCUT2D eigenvalue weighted by Gasteiger charge is -2.12. The molecule has 0 saturated heterocycles. The van der Waals surface area contributed by atoms with Crippen molar-refractivity contribution >= 4 is 0 Å². The van der Waals surface area contributed by atoms with Crippen molar-refractivity contribution < 1.29 is 17.9 Å². The lowest BCUT2D eigenvalue weighted by molar-refractivity contribution is -0.124. The van der Waals surface area contributed by atoms with Crippen LogP contribution in [-0.2, 0) is 4.74 Å². The smallest absolute Gasteiger partial charge is 0.450 e. The molecule has 0 spiro atoms. The number of nitrogens with one attached hydrogen (secondary N) is 1. The number of allylic oxidation sites excluding steroid dienone is 1. The number of benzene rings is 1. The normalized spacial score (nSPS) is 16.9. The van der Waals surface area contributed by atoms with Gasteiger partial charge in [0.1, 0.15) is 0 Å². The molecule has 0 unspecified atom stereocenters. The van der Waals surface area contributed by atoms with E-state index in [1.807, 2.05) is 0 Å². The van der Waals surface area contributed by atoms with Gasteiger partial charge in [-0.2, -0.15) is 13.2 Å². The summed E-state index contributed by atoms with van der Waals surface area (Å²) in [4.78, 5) is 0. The number of halogens is 3. The number of ether oxygens (including phenoxy) is 1. The van der Waals surface area contributed by atoms with E-state index in [9.17, 15) is 13.2 Å². The van der Waals surface area contributed by atoms with Gasteiger partial charge in [0.2, 0.25) is 5.76 Å². The molecular formula is C10H7F3NO. The molecule has 0 amide bonds. The topological polar surface area (TPSA) is 21.3 Å². The summed E-state index contributed by atoms with van der Waals surface area (Å²) >= 11 is 0. The first-order valence-electron chi connectivity index (χ1n) is 4.21. The zero-order valence-electron chi connectivity index (χ0n) is 7.51. The van der Waals surface area contributed by atoms with Gasteiger partial charge in [0.25, 0.3) is 6.23 Å². The molecule has 0 bridgehead atoms. The van der Waals surface area contributed by atoms with Crippen molar-refractivity contribution in [3.8, 4) is 0 Å². The highest BCUT2D eigenvalue weighted by Crippen LogP contribution is 2.33. The number of hydrogen-bond acceptors (Lipinski definition) is 2. The van der Waals surface area contributed by atoms with Crippen molar-refractivity contribution in [3.05, 3.63) is 54.1 Å². The molecule has 2 nitrogen and oxygen atoms in total. The molecule has 2 rings (SSSR count). The summed E-state index contributed by atoms with van der Waals surface area (Å²) in [5.41, 5.74) is 0.577. The van der Waals surface area contributed by atoms with E-state index in [2.05, 4.69) is 10.1 Å². The fourth-order valence-corrected chi connectivity index (χ4v) is 1.17. The van der Waals surface area contributed by atoms with Crippen LogP contribution in [0.15, 0.2) is 42.3 Å². The molecule has 0 atom stereocenters. The van der Waals surface area contributed by atoms with Crippen molar-refractivity contribution in [2.24, 2.45) is 0 Å². The molecule has 0 aromatic heterocycles. The number of hydrogen-bond donors (Lipinski definition) is 1. The number of rotatable bonds is 1. The van der Waals surface area contributed by atoms with E-state index in [0.717, 1.165) is 6.20 Å². The Bertz CT molecular complexity index is 372. The first-order valence-corrected chi connectivity index (χ1v) is 4.21. The third-order valence-electron chi connectivity index (χ3n) is 1.86. The van der Waals surface area contributed by atoms with E-state index in [0.29, 0.717) is 5.56 Å². The van der Waals surface area contributed by atoms with Crippen LogP contribution in [0.1, 0.15) is 5.56 Å². The van der Waals surface area contributed by atoms with Crippen LogP contribution in [0.3, 0.4) is 0 Å². The highest BCUT2D eigenvalue weighted by Gasteiger charge is 2.41. The first kappa shape index (κ1) is 9.89. The second kappa shape index (κ2) is 3.49. The van der Waals surface area contributed by atoms with Crippen LogP contribution in [-0.4, -0.2) is 6.18 Å². The Balaban J connectivity index is 2.09. The van der Waals surface area contributed by atoms with Crippen LogP contribution in [0.25, 0.3) is 0 Å². The molecule has 1 aromatic carbocycles. The summed E-state index contributed by atoms with van der Waals surface area (Å²) in [5, 5.41) is 2.44. The van der Waals surface area contributed by atoms with E-state index < -0.39 is 11.9 Å². The molecule has 79 valence electrons. The second-order valence-corrected chi connectivity index (χ2v) is 2.95. The SMILES string of the molecule is FC(F)(F)C1=CN[C](c2ccccc2)O1. The highest BCUT2D eigenvalue weighted by molar-refractivity contribution is 5.30. The fourth-order valence-electron chi connectivity index (χ4n) is 1.17. The maximum absolute atomic E-state index is 12.2. The second-order valence-electron chi connectivity index (χ2n) is 2.95. The van der Waals surface area contributed by atoms with Gasteiger partial charge in [-0.3, -0.25) is 0 Å². The molecule has 15 heavy (non-hydrogen) atoms. The summed E-state index contributed by atoms with van der Waals surface area (Å²) in [6.07, 6.45) is -3.55. The van der Waals surface area contributed by atoms with Crippen molar-refractivity contribution in [2.45, 2.75) is 6.18 Å². The third-order valence-corrected chi connectivity index (χ3v) is 1.86. The monoisotopic (exact) mass is 214 g/mol. The molecule has 1 radical (unpaired) electrons. The molecule has 0 saturated carbocycles. The van der Waals surface area contributed by atoms with E-state index in [1.54, 1.807) is 30.3 Å². The lowest BCUT2D eigenvalue weighted by atomic mass is 10.2. The third kappa shape index (κ3) is 2.06. The summed E-state index contributed by atoms with van der Waals surface area (Å²) in [5.74, 6) is -1.03. The van der Waals surface area contributed by atoms with Gasteiger partial charge in [0.05, 0.1) is 0 Å². The summed E-state index contributed by atoms with van der Waals surface area (Å²) < 4.78 is 41.3. The minimum absolute atomic E-state index is 0.0999. The Kier molecular flexibility index (Phi) is 2.30. The predicted molar refractivity (Wildman–Crippen MR) is 47.1 cm³/mol. The Morgan fingerprint density at radius 1 is 1.07 bits per heavy atom. The molecule has 5 heteroatoms. The van der Waals surface area contributed by atoms with E-state index in [4.69, 9.17) is 0 Å². The van der Waals surface area contributed by atoms with Gasteiger partial charge in [-0.15, -0.1) is 0 Å². The average molecular weight is 214 g/mol. The Hall–Kier alpha value is -1.65. The highest BCUT2D eigenvalue weighted by atomic mass is 19.4. The molecule has 0 aliphatic carbocycles. The van der Waals surface area contributed by atoms with E-state index >= 15 is 0 Å². The van der Waals surface area contributed by atoms with Crippen LogP contribution in [0.2, 0.25) is 0 Å². The van der Waals surface area contributed by atoms with E-state index in [1.165, 1.54) is 0 Å². The molecular weight excluding hydrogens is 207 g/mol. The van der Waals surface area contributed by atoms with E-state index in [-0.39, 0.29) is 6.23 Å². The van der Waals surface area contributed by atoms with Gasteiger partial charge in [-0.25, -0.2) is 0 Å². The molecule has 0 fully saturated rings.